The molecular weight excluding hydrogens is 290 g/mol. The van der Waals surface area contributed by atoms with Gasteiger partial charge in [-0.2, -0.15) is 0 Å². The maximum absolute atomic E-state index is 11.8. The van der Waals surface area contributed by atoms with E-state index in [4.69, 9.17) is 14.9 Å². The monoisotopic (exact) mass is 307 g/mol. The van der Waals surface area contributed by atoms with Crippen molar-refractivity contribution in [2.75, 3.05) is 5.73 Å². The van der Waals surface area contributed by atoms with Crippen molar-refractivity contribution in [1.29, 1.82) is 0 Å². The summed E-state index contributed by atoms with van der Waals surface area (Å²) >= 11 is 0. The number of anilines is 1. The van der Waals surface area contributed by atoms with Crippen molar-refractivity contribution in [1.82, 2.24) is 20.3 Å². The molecule has 9 heteroatoms. The summed E-state index contributed by atoms with van der Waals surface area (Å²) in [6.45, 7) is 3.51. The number of ether oxygens (including phenoxy) is 1. The third kappa shape index (κ3) is 3.84. The van der Waals surface area contributed by atoms with Gasteiger partial charge >= 0.3 is 5.97 Å². The molecule has 118 valence electrons. The minimum Gasteiger partial charge on any atom is -0.467 e. The first-order valence-electron chi connectivity index (χ1n) is 6.66. The van der Waals surface area contributed by atoms with Gasteiger partial charge in [0.05, 0.1) is 18.9 Å². The van der Waals surface area contributed by atoms with Crippen molar-refractivity contribution >= 4 is 17.7 Å². The van der Waals surface area contributed by atoms with E-state index in [1.54, 1.807) is 26.0 Å². The molecule has 2 aromatic heterocycles. The maximum atomic E-state index is 11.8. The molecular formula is C13H17N5O4. The SMILES string of the molecule is CC(C)OC(=O)c1nnn(CC(=O)NCc2ccco2)c1N. The smallest absolute Gasteiger partial charge is 0.363 e. The number of nitrogens with one attached hydrogen (secondary N) is 1. The van der Waals surface area contributed by atoms with Gasteiger partial charge in [0, 0.05) is 0 Å². The van der Waals surface area contributed by atoms with Gasteiger partial charge in [-0.05, 0) is 26.0 Å². The van der Waals surface area contributed by atoms with E-state index in [9.17, 15) is 9.59 Å². The Morgan fingerprint density at radius 3 is 2.91 bits per heavy atom. The molecule has 0 aliphatic heterocycles. The summed E-state index contributed by atoms with van der Waals surface area (Å²) in [5, 5.41) is 9.97. The van der Waals surface area contributed by atoms with Crippen molar-refractivity contribution in [3.8, 4) is 0 Å². The van der Waals surface area contributed by atoms with Gasteiger partial charge in [0.25, 0.3) is 0 Å². The van der Waals surface area contributed by atoms with Crippen molar-refractivity contribution < 1.29 is 18.7 Å². The minimum atomic E-state index is -0.672. The highest BCUT2D eigenvalue weighted by molar-refractivity contribution is 5.92. The molecule has 0 radical (unpaired) electrons. The summed E-state index contributed by atoms with van der Waals surface area (Å²) in [5.41, 5.74) is 5.65. The number of nitrogens with zero attached hydrogens (tertiary/aromatic N) is 3. The predicted octanol–water partition coefficient (Wildman–Crippen LogP) is 0.335. The topological polar surface area (TPSA) is 125 Å². The molecule has 0 unspecified atom stereocenters. The molecule has 2 rings (SSSR count). The van der Waals surface area contributed by atoms with Crippen LogP contribution in [0, 0.1) is 0 Å². The number of carbonyl (C=O) groups is 2. The van der Waals surface area contributed by atoms with Crippen LogP contribution in [0.1, 0.15) is 30.1 Å². The van der Waals surface area contributed by atoms with Crippen LogP contribution in [0.15, 0.2) is 22.8 Å². The van der Waals surface area contributed by atoms with E-state index in [1.165, 1.54) is 6.26 Å². The normalized spacial score (nSPS) is 10.7. The quantitative estimate of drug-likeness (QED) is 0.737. The van der Waals surface area contributed by atoms with Crippen molar-refractivity contribution in [3.63, 3.8) is 0 Å². The molecule has 0 aliphatic rings. The molecule has 0 spiro atoms. The minimum absolute atomic E-state index is 0.0150. The van der Waals surface area contributed by atoms with Gasteiger partial charge in [0.1, 0.15) is 12.3 Å². The maximum Gasteiger partial charge on any atom is 0.363 e. The number of nitrogens with two attached hydrogens (primary N) is 1. The molecule has 0 saturated heterocycles. The van der Waals surface area contributed by atoms with Gasteiger partial charge in [-0.25, -0.2) is 9.48 Å². The van der Waals surface area contributed by atoms with E-state index in [0.717, 1.165) is 4.68 Å². The van der Waals surface area contributed by atoms with Crippen molar-refractivity contribution in [2.45, 2.75) is 33.0 Å². The standard InChI is InChI=1S/C13H17N5O4/c1-8(2)22-13(20)11-12(14)18(17-16-11)7-10(19)15-6-9-4-3-5-21-9/h3-5,8H,6-7,14H2,1-2H3,(H,15,19). The van der Waals surface area contributed by atoms with Crippen LogP contribution in [0.3, 0.4) is 0 Å². The van der Waals surface area contributed by atoms with Gasteiger partial charge in [0.15, 0.2) is 5.82 Å². The first-order valence-corrected chi connectivity index (χ1v) is 6.66. The van der Waals surface area contributed by atoms with Crippen LogP contribution in [0.2, 0.25) is 0 Å². The van der Waals surface area contributed by atoms with Crippen LogP contribution in [-0.2, 0) is 22.6 Å². The Bertz CT molecular complexity index is 647. The van der Waals surface area contributed by atoms with Crippen molar-refractivity contribution in [2.24, 2.45) is 0 Å². The number of aromatic nitrogens is 3. The lowest BCUT2D eigenvalue weighted by Crippen LogP contribution is -2.28. The summed E-state index contributed by atoms with van der Waals surface area (Å²) in [7, 11) is 0. The van der Waals surface area contributed by atoms with Gasteiger partial charge in [-0.1, -0.05) is 5.21 Å². The molecule has 22 heavy (non-hydrogen) atoms. The van der Waals surface area contributed by atoms with Gasteiger partial charge in [-0.15, -0.1) is 5.10 Å². The van der Waals surface area contributed by atoms with E-state index < -0.39 is 5.97 Å². The zero-order chi connectivity index (χ0) is 16.1. The van der Waals surface area contributed by atoms with Crippen molar-refractivity contribution in [3.05, 3.63) is 29.9 Å². The molecule has 2 heterocycles. The summed E-state index contributed by atoms with van der Waals surface area (Å²) in [6.07, 6.45) is 1.22. The second-order valence-corrected chi connectivity index (χ2v) is 4.79. The number of hydrogen-bond acceptors (Lipinski definition) is 7. The van der Waals surface area contributed by atoms with Crippen LogP contribution in [-0.4, -0.2) is 33.0 Å². The average Bonchev–Trinajstić information content (AvgIpc) is 3.07. The number of esters is 1. The summed E-state index contributed by atoms with van der Waals surface area (Å²) < 4.78 is 11.2. The molecule has 9 nitrogen and oxygen atoms in total. The highest BCUT2D eigenvalue weighted by atomic mass is 16.5. The van der Waals surface area contributed by atoms with Crippen LogP contribution < -0.4 is 11.1 Å². The Morgan fingerprint density at radius 2 is 2.27 bits per heavy atom. The fourth-order valence-corrected chi connectivity index (χ4v) is 1.64. The Hall–Kier alpha value is -2.84. The van der Waals surface area contributed by atoms with E-state index in [2.05, 4.69) is 15.6 Å². The third-order valence-electron chi connectivity index (χ3n) is 2.64. The molecule has 0 bridgehead atoms. The lowest BCUT2D eigenvalue weighted by Gasteiger charge is -2.06. The van der Waals surface area contributed by atoms with E-state index in [1.807, 2.05) is 0 Å². The molecule has 0 aromatic carbocycles. The van der Waals surface area contributed by atoms with Gasteiger partial charge in [0.2, 0.25) is 11.6 Å². The fraction of sp³-hybridized carbons (Fsp3) is 0.385. The fourth-order valence-electron chi connectivity index (χ4n) is 1.64. The molecule has 3 N–H and O–H groups in total. The Balaban J connectivity index is 1.94. The van der Waals surface area contributed by atoms with Crippen LogP contribution in [0.25, 0.3) is 0 Å². The first-order chi connectivity index (χ1) is 10.5. The lowest BCUT2D eigenvalue weighted by atomic mass is 10.4. The number of nitrogen functional groups attached to an aromatic ring is 1. The molecule has 0 saturated carbocycles. The van der Waals surface area contributed by atoms with Crippen LogP contribution in [0.4, 0.5) is 5.82 Å². The Labute approximate surface area is 126 Å². The summed E-state index contributed by atoms with van der Waals surface area (Å²) in [4.78, 5) is 23.5. The van der Waals surface area contributed by atoms with Gasteiger partial charge in [-0.3, -0.25) is 4.79 Å². The molecule has 2 aromatic rings. The number of amides is 1. The molecule has 0 atom stereocenters. The van der Waals surface area contributed by atoms with Crippen LogP contribution >= 0.6 is 0 Å². The average molecular weight is 307 g/mol. The van der Waals surface area contributed by atoms with E-state index in [-0.39, 0.29) is 36.6 Å². The summed E-state index contributed by atoms with van der Waals surface area (Å²) in [6, 6.07) is 3.47. The van der Waals surface area contributed by atoms with Gasteiger partial charge < -0.3 is 20.2 Å². The molecule has 0 aliphatic carbocycles. The Kier molecular flexibility index (Phi) is 4.77. The predicted molar refractivity (Wildman–Crippen MR) is 75.5 cm³/mol. The molecule has 0 fully saturated rings. The first kappa shape index (κ1) is 15.5. The number of carbonyl (C=O) groups excluding carboxylic acids is 2. The molecule has 1 amide bonds. The largest absolute Gasteiger partial charge is 0.467 e. The zero-order valence-corrected chi connectivity index (χ0v) is 12.3. The third-order valence-corrected chi connectivity index (χ3v) is 2.64. The zero-order valence-electron chi connectivity index (χ0n) is 12.3. The van der Waals surface area contributed by atoms with E-state index in [0.29, 0.717) is 5.76 Å². The number of rotatable bonds is 6. The Morgan fingerprint density at radius 1 is 1.50 bits per heavy atom. The summed E-state index contributed by atoms with van der Waals surface area (Å²) in [5.74, 6) is -0.397. The second kappa shape index (κ2) is 6.74. The van der Waals surface area contributed by atoms with E-state index >= 15 is 0 Å². The number of furan rings is 1. The highest BCUT2D eigenvalue weighted by Crippen LogP contribution is 2.10. The van der Waals surface area contributed by atoms with Crippen LogP contribution in [0.5, 0.6) is 0 Å². The number of hydrogen-bond donors (Lipinski definition) is 2. The second-order valence-electron chi connectivity index (χ2n) is 4.79. The lowest BCUT2D eigenvalue weighted by molar-refractivity contribution is -0.122. The highest BCUT2D eigenvalue weighted by Gasteiger charge is 2.20.